The molecule has 0 bridgehead atoms. The van der Waals surface area contributed by atoms with Gasteiger partial charge in [0.15, 0.2) is 11.5 Å². The first-order valence-electron chi connectivity index (χ1n) is 6.70. The van der Waals surface area contributed by atoms with Crippen LogP contribution in [0.1, 0.15) is 53.2 Å². The topological polar surface area (TPSA) is 31.4 Å². The summed E-state index contributed by atoms with van der Waals surface area (Å²) in [6.45, 7) is 10.5. The molecule has 1 aliphatic rings. The second-order valence-corrected chi connectivity index (χ2v) is 6.25. The van der Waals surface area contributed by atoms with Gasteiger partial charge in [0.25, 0.3) is 0 Å². The predicted molar refractivity (Wildman–Crippen MR) is 72.4 cm³/mol. The Kier molecular flexibility index (Phi) is 3.51. The minimum Gasteiger partial charge on any atom is -0.487 e. The number of rotatable bonds is 4. The maximum Gasteiger partial charge on any atom is 0.179 e. The van der Waals surface area contributed by atoms with Crippen LogP contribution >= 0.6 is 0 Å². The fourth-order valence-corrected chi connectivity index (χ4v) is 1.63. The summed E-state index contributed by atoms with van der Waals surface area (Å²) in [5.41, 5.74) is 1.05. The SMILES string of the molecule is CC(C)Oc1cc(C(C)(C)C)ncc1OC1CC1. The second-order valence-electron chi connectivity index (χ2n) is 6.25. The Hall–Kier alpha value is -1.25. The molecule has 1 aromatic heterocycles. The third-order valence-electron chi connectivity index (χ3n) is 2.78. The second kappa shape index (κ2) is 4.79. The summed E-state index contributed by atoms with van der Waals surface area (Å²) >= 11 is 0. The molecule has 1 heterocycles. The van der Waals surface area contributed by atoms with Crippen molar-refractivity contribution in [3.8, 4) is 11.5 Å². The van der Waals surface area contributed by atoms with Crippen molar-refractivity contribution in [3.63, 3.8) is 0 Å². The first kappa shape index (κ1) is 13.2. The van der Waals surface area contributed by atoms with Crippen LogP contribution < -0.4 is 9.47 Å². The molecule has 0 amide bonds. The summed E-state index contributed by atoms with van der Waals surface area (Å²) in [6, 6.07) is 2.01. The zero-order valence-corrected chi connectivity index (χ0v) is 12.0. The van der Waals surface area contributed by atoms with Crippen LogP contribution in [0.4, 0.5) is 0 Å². The van der Waals surface area contributed by atoms with E-state index in [9.17, 15) is 0 Å². The van der Waals surface area contributed by atoms with Gasteiger partial charge in [-0.1, -0.05) is 20.8 Å². The van der Waals surface area contributed by atoms with Crippen molar-refractivity contribution in [3.05, 3.63) is 18.0 Å². The average Bonchev–Trinajstić information content (AvgIpc) is 3.02. The maximum absolute atomic E-state index is 5.84. The van der Waals surface area contributed by atoms with E-state index in [1.807, 2.05) is 19.9 Å². The zero-order chi connectivity index (χ0) is 13.3. The van der Waals surface area contributed by atoms with Crippen LogP contribution in [-0.2, 0) is 5.41 Å². The average molecular weight is 249 g/mol. The van der Waals surface area contributed by atoms with Crippen LogP contribution in [0.25, 0.3) is 0 Å². The van der Waals surface area contributed by atoms with Crippen LogP contribution in [0.3, 0.4) is 0 Å². The molecule has 18 heavy (non-hydrogen) atoms. The van der Waals surface area contributed by atoms with Crippen LogP contribution in [0, 0.1) is 0 Å². The summed E-state index contributed by atoms with van der Waals surface area (Å²) in [7, 11) is 0. The van der Waals surface area contributed by atoms with E-state index in [4.69, 9.17) is 9.47 Å². The zero-order valence-electron chi connectivity index (χ0n) is 12.0. The third-order valence-corrected chi connectivity index (χ3v) is 2.78. The molecule has 1 aromatic rings. The predicted octanol–water partition coefficient (Wildman–Crippen LogP) is 3.71. The van der Waals surface area contributed by atoms with Crippen molar-refractivity contribution in [2.75, 3.05) is 0 Å². The van der Waals surface area contributed by atoms with Gasteiger partial charge in [-0.05, 0) is 26.7 Å². The fourth-order valence-electron chi connectivity index (χ4n) is 1.63. The van der Waals surface area contributed by atoms with Gasteiger partial charge in [0, 0.05) is 17.2 Å². The van der Waals surface area contributed by atoms with E-state index < -0.39 is 0 Å². The Morgan fingerprint density at radius 1 is 1.22 bits per heavy atom. The molecule has 0 aromatic carbocycles. The van der Waals surface area contributed by atoms with Crippen molar-refractivity contribution in [2.24, 2.45) is 0 Å². The first-order valence-corrected chi connectivity index (χ1v) is 6.70. The molecule has 3 heteroatoms. The highest BCUT2D eigenvalue weighted by Gasteiger charge is 2.26. The number of hydrogen-bond acceptors (Lipinski definition) is 3. The first-order chi connectivity index (χ1) is 8.36. The van der Waals surface area contributed by atoms with E-state index in [1.165, 1.54) is 0 Å². The summed E-state index contributed by atoms with van der Waals surface area (Å²) in [6.07, 6.45) is 4.59. The Morgan fingerprint density at radius 3 is 2.39 bits per heavy atom. The Morgan fingerprint density at radius 2 is 1.89 bits per heavy atom. The molecular weight excluding hydrogens is 226 g/mol. The molecule has 0 N–H and O–H groups in total. The lowest BCUT2D eigenvalue weighted by molar-refractivity contribution is 0.216. The van der Waals surface area contributed by atoms with Crippen molar-refractivity contribution >= 4 is 0 Å². The Bertz CT molecular complexity index is 417. The van der Waals surface area contributed by atoms with E-state index in [0.29, 0.717) is 6.10 Å². The van der Waals surface area contributed by atoms with E-state index in [2.05, 4.69) is 25.8 Å². The molecular formula is C15H23NO2. The highest BCUT2D eigenvalue weighted by Crippen LogP contribution is 2.36. The third kappa shape index (κ3) is 3.37. The normalized spacial score (nSPS) is 15.9. The van der Waals surface area contributed by atoms with Gasteiger partial charge >= 0.3 is 0 Å². The quantitative estimate of drug-likeness (QED) is 0.815. The molecule has 1 saturated carbocycles. The number of pyridine rings is 1. The molecule has 0 radical (unpaired) electrons. The van der Waals surface area contributed by atoms with Crippen molar-refractivity contribution in [1.82, 2.24) is 4.98 Å². The highest BCUT2D eigenvalue weighted by atomic mass is 16.5. The van der Waals surface area contributed by atoms with Gasteiger partial charge < -0.3 is 9.47 Å². The van der Waals surface area contributed by atoms with Crippen LogP contribution in [0.15, 0.2) is 12.3 Å². The molecule has 0 aliphatic heterocycles. The summed E-state index contributed by atoms with van der Waals surface area (Å²) < 4.78 is 11.7. The number of aromatic nitrogens is 1. The number of nitrogens with zero attached hydrogens (tertiary/aromatic N) is 1. The van der Waals surface area contributed by atoms with E-state index in [-0.39, 0.29) is 11.5 Å². The fraction of sp³-hybridized carbons (Fsp3) is 0.667. The van der Waals surface area contributed by atoms with Crippen LogP contribution in [0.5, 0.6) is 11.5 Å². The van der Waals surface area contributed by atoms with Crippen molar-refractivity contribution < 1.29 is 9.47 Å². The van der Waals surface area contributed by atoms with Gasteiger partial charge in [-0.2, -0.15) is 0 Å². The molecule has 1 aliphatic carbocycles. The lowest BCUT2D eigenvalue weighted by atomic mass is 9.91. The van der Waals surface area contributed by atoms with Crippen molar-refractivity contribution in [2.45, 2.75) is 65.1 Å². The van der Waals surface area contributed by atoms with E-state index in [0.717, 1.165) is 30.0 Å². The molecule has 0 spiro atoms. The van der Waals surface area contributed by atoms with Gasteiger partial charge in [-0.3, -0.25) is 4.98 Å². The largest absolute Gasteiger partial charge is 0.487 e. The van der Waals surface area contributed by atoms with Crippen LogP contribution in [-0.4, -0.2) is 17.2 Å². The standard InChI is InChI=1S/C15H23NO2/c1-10(2)17-12-8-14(15(3,4)5)16-9-13(12)18-11-6-7-11/h8-11H,6-7H2,1-5H3. The van der Waals surface area contributed by atoms with Gasteiger partial charge in [-0.25, -0.2) is 0 Å². The van der Waals surface area contributed by atoms with E-state index >= 15 is 0 Å². The number of ether oxygens (including phenoxy) is 2. The molecule has 0 atom stereocenters. The summed E-state index contributed by atoms with van der Waals surface area (Å²) in [5, 5.41) is 0. The van der Waals surface area contributed by atoms with Gasteiger partial charge in [0.1, 0.15) is 0 Å². The monoisotopic (exact) mass is 249 g/mol. The minimum atomic E-state index is 0.0210. The molecule has 2 rings (SSSR count). The Labute approximate surface area is 110 Å². The summed E-state index contributed by atoms with van der Waals surface area (Å²) in [5.74, 6) is 1.59. The van der Waals surface area contributed by atoms with Crippen molar-refractivity contribution in [1.29, 1.82) is 0 Å². The van der Waals surface area contributed by atoms with Crippen LogP contribution in [0.2, 0.25) is 0 Å². The minimum absolute atomic E-state index is 0.0210. The Balaban J connectivity index is 2.27. The molecule has 0 saturated heterocycles. The maximum atomic E-state index is 5.84. The molecule has 1 fully saturated rings. The molecule has 0 unspecified atom stereocenters. The van der Waals surface area contributed by atoms with Gasteiger partial charge in [0.2, 0.25) is 0 Å². The lowest BCUT2D eigenvalue weighted by Gasteiger charge is -2.21. The van der Waals surface area contributed by atoms with Gasteiger partial charge in [-0.15, -0.1) is 0 Å². The smallest absolute Gasteiger partial charge is 0.179 e. The number of hydrogen-bond donors (Lipinski definition) is 0. The highest BCUT2D eigenvalue weighted by molar-refractivity contribution is 5.41. The molecule has 100 valence electrons. The summed E-state index contributed by atoms with van der Waals surface area (Å²) in [4.78, 5) is 4.49. The van der Waals surface area contributed by atoms with Gasteiger partial charge in [0.05, 0.1) is 18.4 Å². The molecule has 3 nitrogen and oxygen atoms in total. The van der Waals surface area contributed by atoms with E-state index in [1.54, 1.807) is 6.20 Å². The lowest BCUT2D eigenvalue weighted by Crippen LogP contribution is -2.15.